The van der Waals surface area contributed by atoms with Crippen molar-refractivity contribution in [3.63, 3.8) is 0 Å². The first-order chi connectivity index (χ1) is 16.9. The Morgan fingerprint density at radius 3 is 2.60 bits per heavy atom. The second-order valence-corrected chi connectivity index (χ2v) is 9.08. The van der Waals surface area contributed by atoms with Gasteiger partial charge in [-0.15, -0.1) is 0 Å². The summed E-state index contributed by atoms with van der Waals surface area (Å²) in [6, 6.07) is 14.4. The molecule has 5 rings (SSSR count). The summed E-state index contributed by atoms with van der Waals surface area (Å²) in [5.41, 5.74) is 4.00. The van der Waals surface area contributed by atoms with Crippen LogP contribution in [-0.4, -0.2) is 51.6 Å². The zero-order valence-corrected chi connectivity index (χ0v) is 19.9. The number of fused-ring (bicyclic) bond motifs is 1. The standard InChI is InChI=1S/C25H22N4O5S/c1-15-11-16(2)29(27-15)19-6-4-18(5-7-19)23(30)26-9-10-28-24(31)22(35-25(28)32)13-17-3-8-20-21(12-17)34-14-33-20/h3-8,11-13H,9-10,14H2,1-2H3,(H,26,30). The van der Waals surface area contributed by atoms with Gasteiger partial charge in [-0.25, -0.2) is 4.68 Å². The summed E-state index contributed by atoms with van der Waals surface area (Å²) in [6.45, 7) is 4.28. The molecule has 2 aliphatic rings. The maximum absolute atomic E-state index is 12.7. The lowest BCUT2D eigenvalue weighted by atomic mass is 10.2. The first-order valence-corrected chi connectivity index (χ1v) is 11.8. The van der Waals surface area contributed by atoms with Crippen molar-refractivity contribution in [3.05, 3.63) is 76.0 Å². The second kappa shape index (κ2) is 9.30. The fraction of sp³-hybridized carbons (Fsp3) is 0.200. The van der Waals surface area contributed by atoms with Gasteiger partial charge in [-0.1, -0.05) is 6.07 Å². The van der Waals surface area contributed by atoms with Gasteiger partial charge in [0.25, 0.3) is 17.1 Å². The summed E-state index contributed by atoms with van der Waals surface area (Å²) >= 11 is 0.873. The topological polar surface area (TPSA) is 103 Å². The normalized spacial score (nSPS) is 15.8. The molecular weight excluding hydrogens is 468 g/mol. The molecule has 3 aromatic rings. The van der Waals surface area contributed by atoms with E-state index in [0.29, 0.717) is 22.0 Å². The molecule has 10 heteroatoms. The number of benzene rings is 2. The van der Waals surface area contributed by atoms with Crippen molar-refractivity contribution in [3.8, 4) is 17.2 Å². The predicted octanol–water partition coefficient (Wildman–Crippen LogP) is 3.68. The van der Waals surface area contributed by atoms with Crippen LogP contribution in [0, 0.1) is 13.8 Å². The Kier molecular flexibility index (Phi) is 6.04. The second-order valence-electron chi connectivity index (χ2n) is 8.09. The lowest BCUT2D eigenvalue weighted by Crippen LogP contribution is -2.37. The van der Waals surface area contributed by atoms with Gasteiger partial charge in [-0.3, -0.25) is 19.3 Å². The Morgan fingerprint density at radius 1 is 1.09 bits per heavy atom. The van der Waals surface area contributed by atoms with Gasteiger partial charge >= 0.3 is 0 Å². The molecule has 1 aromatic heterocycles. The maximum Gasteiger partial charge on any atom is 0.293 e. The van der Waals surface area contributed by atoms with E-state index in [9.17, 15) is 14.4 Å². The molecular formula is C25H22N4O5S. The van der Waals surface area contributed by atoms with E-state index in [0.717, 1.165) is 39.3 Å². The van der Waals surface area contributed by atoms with Crippen LogP contribution in [0.15, 0.2) is 53.4 Å². The fourth-order valence-electron chi connectivity index (χ4n) is 3.87. The average molecular weight is 491 g/mol. The molecule has 0 spiro atoms. The number of aromatic nitrogens is 2. The largest absolute Gasteiger partial charge is 0.454 e. The molecule has 0 bridgehead atoms. The van der Waals surface area contributed by atoms with E-state index >= 15 is 0 Å². The van der Waals surface area contributed by atoms with Crippen LogP contribution in [0.2, 0.25) is 0 Å². The molecule has 3 amide bonds. The van der Waals surface area contributed by atoms with Gasteiger partial charge < -0.3 is 14.8 Å². The number of hydrogen-bond donors (Lipinski definition) is 1. The summed E-state index contributed by atoms with van der Waals surface area (Å²) in [4.78, 5) is 39.1. The van der Waals surface area contributed by atoms with Crippen LogP contribution in [0.5, 0.6) is 11.5 Å². The molecule has 0 saturated carbocycles. The number of nitrogens with zero attached hydrogens (tertiary/aromatic N) is 3. The Morgan fingerprint density at radius 2 is 1.86 bits per heavy atom. The van der Waals surface area contributed by atoms with Crippen molar-refractivity contribution in [1.29, 1.82) is 0 Å². The number of carbonyl (C=O) groups excluding carboxylic acids is 3. The molecule has 35 heavy (non-hydrogen) atoms. The minimum Gasteiger partial charge on any atom is -0.454 e. The highest BCUT2D eigenvalue weighted by Gasteiger charge is 2.34. The lowest BCUT2D eigenvalue weighted by Gasteiger charge is -2.13. The Balaban J connectivity index is 1.17. The maximum atomic E-state index is 12.7. The van der Waals surface area contributed by atoms with E-state index in [1.54, 1.807) is 36.4 Å². The third-order valence-corrected chi connectivity index (χ3v) is 6.48. The molecule has 3 heterocycles. The van der Waals surface area contributed by atoms with E-state index in [-0.39, 0.29) is 36.9 Å². The third-order valence-electron chi connectivity index (χ3n) is 5.57. The van der Waals surface area contributed by atoms with Crippen LogP contribution in [-0.2, 0) is 4.79 Å². The number of ether oxygens (including phenoxy) is 2. The SMILES string of the molecule is Cc1cc(C)n(-c2ccc(C(=O)NCCN3C(=O)SC(=Cc4ccc5c(c4)OCO5)C3=O)cc2)n1. The first-order valence-electron chi connectivity index (χ1n) is 11.0. The molecule has 0 unspecified atom stereocenters. The van der Waals surface area contributed by atoms with Crippen molar-refractivity contribution in [2.24, 2.45) is 0 Å². The van der Waals surface area contributed by atoms with Crippen LogP contribution in [0.25, 0.3) is 11.8 Å². The van der Waals surface area contributed by atoms with Crippen molar-refractivity contribution in [2.45, 2.75) is 13.8 Å². The quantitative estimate of drug-likeness (QED) is 0.526. The minimum atomic E-state index is -0.388. The zero-order valence-electron chi connectivity index (χ0n) is 19.1. The number of amides is 3. The highest BCUT2D eigenvalue weighted by atomic mass is 32.2. The zero-order chi connectivity index (χ0) is 24.5. The Hall–Kier alpha value is -4.05. The van der Waals surface area contributed by atoms with Crippen LogP contribution in [0.3, 0.4) is 0 Å². The summed E-state index contributed by atoms with van der Waals surface area (Å²) < 4.78 is 12.5. The average Bonchev–Trinajstić information content (AvgIpc) is 3.52. The molecule has 2 aliphatic heterocycles. The van der Waals surface area contributed by atoms with E-state index in [1.165, 1.54) is 0 Å². The van der Waals surface area contributed by atoms with Crippen LogP contribution in [0.4, 0.5) is 4.79 Å². The van der Waals surface area contributed by atoms with Gasteiger partial charge in [0.1, 0.15) is 0 Å². The summed E-state index contributed by atoms with van der Waals surface area (Å²) in [7, 11) is 0. The van der Waals surface area contributed by atoms with Gasteiger partial charge in [-0.2, -0.15) is 5.10 Å². The fourth-order valence-corrected chi connectivity index (χ4v) is 4.74. The number of aryl methyl sites for hydroxylation is 2. The molecule has 0 atom stereocenters. The van der Waals surface area contributed by atoms with Crippen molar-refractivity contribution in [2.75, 3.05) is 19.9 Å². The van der Waals surface area contributed by atoms with Crippen molar-refractivity contribution < 1.29 is 23.9 Å². The van der Waals surface area contributed by atoms with Crippen LogP contribution < -0.4 is 14.8 Å². The van der Waals surface area contributed by atoms with E-state index < -0.39 is 0 Å². The molecule has 0 radical (unpaired) electrons. The molecule has 2 aromatic carbocycles. The molecule has 1 saturated heterocycles. The first kappa shape index (κ1) is 22.7. The Labute approximate surface area is 205 Å². The monoisotopic (exact) mass is 490 g/mol. The molecule has 9 nitrogen and oxygen atoms in total. The van der Waals surface area contributed by atoms with Gasteiger partial charge in [-0.05, 0) is 79.7 Å². The highest BCUT2D eigenvalue weighted by molar-refractivity contribution is 8.18. The molecule has 1 N–H and O–H groups in total. The number of imide groups is 1. The van der Waals surface area contributed by atoms with Crippen molar-refractivity contribution in [1.82, 2.24) is 20.0 Å². The summed E-state index contributed by atoms with van der Waals surface area (Å²) in [5.74, 6) is 0.574. The number of carbonyl (C=O) groups is 3. The molecule has 1 fully saturated rings. The van der Waals surface area contributed by atoms with E-state index in [2.05, 4.69) is 10.4 Å². The van der Waals surface area contributed by atoms with Gasteiger partial charge in [0, 0.05) is 24.3 Å². The minimum absolute atomic E-state index is 0.0821. The summed E-state index contributed by atoms with van der Waals surface area (Å²) in [6.07, 6.45) is 1.65. The number of thioether (sulfide) groups is 1. The lowest BCUT2D eigenvalue weighted by molar-refractivity contribution is -0.122. The van der Waals surface area contributed by atoms with Crippen LogP contribution >= 0.6 is 11.8 Å². The van der Waals surface area contributed by atoms with Crippen LogP contribution in [0.1, 0.15) is 27.3 Å². The smallest absolute Gasteiger partial charge is 0.293 e. The summed E-state index contributed by atoms with van der Waals surface area (Å²) in [5, 5.41) is 6.84. The number of hydrogen-bond acceptors (Lipinski definition) is 7. The van der Waals surface area contributed by atoms with E-state index in [1.807, 2.05) is 36.7 Å². The highest BCUT2D eigenvalue weighted by Crippen LogP contribution is 2.36. The van der Waals surface area contributed by atoms with Gasteiger partial charge in [0.2, 0.25) is 6.79 Å². The Bertz CT molecular complexity index is 1360. The number of rotatable bonds is 6. The van der Waals surface area contributed by atoms with Gasteiger partial charge in [0.15, 0.2) is 11.5 Å². The van der Waals surface area contributed by atoms with E-state index in [4.69, 9.17) is 9.47 Å². The number of nitrogens with one attached hydrogen (secondary N) is 1. The third kappa shape index (κ3) is 4.65. The van der Waals surface area contributed by atoms with Gasteiger partial charge in [0.05, 0.1) is 16.3 Å². The molecule has 0 aliphatic carbocycles. The molecule has 178 valence electrons. The predicted molar refractivity (Wildman–Crippen MR) is 131 cm³/mol. The van der Waals surface area contributed by atoms with Crippen molar-refractivity contribution >= 4 is 34.9 Å².